The lowest BCUT2D eigenvalue weighted by Crippen LogP contribution is -2.43. The van der Waals surface area contributed by atoms with E-state index in [1.165, 1.54) is 0 Å². The van der Waals surface area contributed by atoms with Crippen LogP contribution >= 0.6 is 0 Å². The molecule has 1 fully saturated rings. The molecule has 5 nitrogen and oxygen atoms in total. The summed E-state index contributed by atoms with van der Waals surface area (Å²) in [4.78, 5) is 14.1. The molecule has 2 heterocycles. The summed E-state index contributed by atoms with van der Waals surface area (Å²) in [7, 11) is 0. The average Bonchev–Trinajstić information content (AvgIpc) is 2.95. The van der Waals surface area contributed by atoms with Gasteiger partial charge in [-0.15, -0.1) is 0 Å². The van der Waals surface area contributed by atoms with E-state index in [0.29, 0.717) is 5.92 Å². The van der Waals surface area contributed by atoms with Gasteiger partial charge < -0.3 is 10.0 Å². The Labute approximate surface area is 101 Å². The summed E-state index contributed by atoms with van der Waals surface area (Å²) in [5.74, 6) is 0.408. The van der Waals surface area contributed by atoms with Gasteiger partial charge in [-0.25, -0.2) is 0 Å². The van der Waals surface area contributed by atoms with Gasteiger partial charge in [0.25, 0.3) is 0 Å². The minimum atomic E-state index is -0.302. The highest BCUT2D eigenvalue weighted by Gasteiger charge is 2.36. The molecule has 0 bridgehead atoms. The normalized spacial score (nSPS) is 26.2. The van der Waals surface area contributed by atoms with Crippen LogP contribution in [-0.4, -0.2) is 44.9 Å². The summed E-state index contributed by atoms with van der Waals surface area (Å²) < 4.78 is 1.65. The maximum absolute atomic E-state index is 12.3. The fourth-order valence-corrected chi connectivity index (χ4v) is 2.42. The van der Waals surface area contributed by atoms with E-state index in [1.807, 2.05) is 6.92 Å². The molecule has 1 N–H and O–H groups in total. The van der Waals surface area contributed by atoms with Crippen LogP contribution in [0.15, 0.2) is 18.5 Å². The zero-order valence-corrected chi connectivity index (χ0v) is 10.3. The molecule has 1 saturated heterocycles. The Morgan fingerprint density at radius 1 is 1.65 bits per heavy atom. The zero-order valence-electron chi connectivity index (χ0n) is 10.3. The molecule has 0 aliphatic carbocycles. The van der Waals surface area contributed by atoms with Crippen LogP contribution in [0.2, 0.25) is 0 Å². The number of aliphatic hydroxyl groups excluding tert-OH is 1. The topological polar surface area (TPSA) is 58.4 Å². The molecule has 17 heavy (non-hydrogen) atoms. The van der Waals surface area contributed by atoms with Gasteiger partial charge in [0.2, 0.25) is 5.91 Å². The fourth-order valence-electron chi connectivity index (χ4n) is 2.42. The maximum atomic E-state index is 12.3. The molecule has 0 saturated carbocycles. The van der Waals surface area contributed by atoms with E-state index in [2.05, 4.69) is 12.0 Å². The highest BCUT2D eigenvalue weighted by atomic mass is 16.3. The number of aliphatic hydroxyl groups is 1. The van der Waals surface area contributed by atoms with Crippen molar-refractivity contribution in [3.05, 3.63) is 18.5 Å². The van der Waals surface area contributed by atoms with Crippen LogP contribution in [0.3, 0.4) is 0 Å². The molecule has 0 spiro atoms. The van der Waals surface area contributed by atoms with Gasteiger partial charge in [-0.2, -0.15) is 5.10 Å². The highest BCUT2D eigenvalue weighted by molar-refractivity contribution is 5.80. The highest BCUT2D eigenvalue weighted by Crippen LogP contribution is 2.25. The van der Waals surface area contributed by atoms with Crippen molar-refractivity contribution in [2.75, 3.05) is 13.2 Å². The van der Waals surface area contributed by atoms with Crippen molar-refractivity contribution < 1.29 is 9.90 Å². The van der Waals surface area contributed by atoms with Crippen molar-refractivity contribution in [1.29, 1.82) is 0 Å². The lowest BCUT2D eigenvalue weighted by atomic mass is 10.0. The van der Waals surface area contributed by atoms with Gasteiger partial charge in [0.15, 0.2) is 0 Å². The molecule has 3 unspecified atom stereocenters. The fraction of sp³-hybridized carbons (Fsp3) is 0.667. The van der Waals surface area contributed by atoms with Crippen LogP contribution in [0, 0.1) is 5.92 Å². The second-order valence-electron chi connectivity index (χ2n) is 4.71. The number of rotatable bonds is 3. The van der Waals surface area contributed by atoms with E-state index in [1.54, 1.807) is 28.0 Å². The molecule has 5 heteroatoms. The summed E-state index contributed by atoms with van der Waals surface area (Å²) in [5.41, 5.74) is 0. The number of carbonyl (C=O) groups is 1. The van der Waals surface area contributed by atoms with E-state index < -0.39 is 0 Å². The summed E-state index contributed by atoms with van der Waals surface area (Å²) in [6.07, 6.45) is 4.42. The third-order valence-corrected chi connectivity index (χ3v) is 3.63. The van der Waals surface area contributed by atoms with Crippen LogP contribution < -0.4 is 0 Å². The summed E-state index contributed by atoms with van der Waals surface area (Å²) in [6, 6.07) is 1.46. The number of nitrogens with zero attached hydrogens (tertiary/aromatic N) is 3. The molecule has 1 aliphatic rings. The average molecular weight is 237 g/mol. The minimum Gasteiger partial charge on any atom is -0.394 e. The maximum Gasteiger partial charge on any atom is 0.247 e. The van der Waals surface area contributed by atoms with E-state index in [9.17, 15) is 9.90 Å². The quantitative estimate of drug-likeness (QED) is 0.840. The van der Waals surface area contributed by atoms with Gasteiger partial charge in [-0.1, -0.05) is 6.92 Å². The van der Waals surface area contributed by atoms with Crippen molar-refractivity contribution in [2.45, 2.75) is 32.4 Å². The number of carbonyl (C=O) groups excluding carboxylic acids is 1. The van der Waals surface area contributed by atoms with Crippen LogP contribution in [0.5, 0.6) is 0 Å². The van der Waals surface area contributed by atoms with E-state index >= 15 is 0 Å². The Bertz CT molecular complexity index is 377. The molecule has 1 aliphatic heterocycles. The van der Waals surface area contributed by atoms with Gasteiger partial charge in [0.05, 0.1) is 12.6 Å². The van der Waals surface area contributed by atoms with E-state index in [0.717, 1.165) is 13.0 Å². The Balaban J connectivity index is 2.10. The van der Waals surface area contributed by atoms with Gasteiger partial charge in [-0.3, -0.25) is 9.48 Å². The monoisotopic (exact) mass is 237 g/mol. The lowest BCUT2D eigenvalue weighted by molar-refractivity contribution is -0.136. The Hall–Kier alpha value is -1.36. The third kappa shape index (κ3) is 2.20. The molecular formula is C12H19N3O2. The number of aromatic nitrogens is 2. The van der Waals surface area contributed by atoms with Crippen molar-refractivity contribution in [2.24, 2.45) is 5.92 Å². The molecule has 3 atom stereocenters. The number of hydrogen-bond acceptors (Lipinski definition) is 3. The summed E-state index contributed by atoms with van der Waals surface area (Å²) in [5, 5.41) is 13.4. The van der Waals surface area contributed by atoms with Crippen molar-refractivity contribution in [3.8, 4) is 0 Å². The summed E-state index contributed by atoms with van der Waals surface area (Å²) >= 11 is 0. The van der Waals surface area contributed by atoms with Gasteiger partial charge in [0, 0.05) is 18.9 Å². The second kappa shape index (κ2) is 4.87. The SMILES string of the molecule is CC1CCN(C(=O)C(C)n2cccn2)C1CO. The smallest absolute Gasteiger partial charge is 0.247 e. The first kappa shape index (κ1) is 12.1. The second-order valence-corrected chi connectivity index (χ2v) is 4.71. The molecule has 1 aromatic rings. The van der Waals surface area contributed by atoms with Crippen LogP contribution in [-0.2, 0) is 4.79 Å². The lowest BCUT2D eigenvalue weighted by Gasteiger charge is -2.27. The zero-order chi connectivity index (χ0) is 12.4. The Morgan fingerprint density at radius 2 is 2.41 bits per heavy atom. The molecule has 0 aromatic carbocycles. The molecule has 1 amide bonds. The first-order valence-corrected chi connectivity index (χ1v) is 6.05. The number of amides is 1. The first-order chi connectivity index (χ1) is 8.15. The molecule has 94 valence electrons. The van der Waals surface area contributed by atoms with E-state index in [4.69, 9.17) is 0 Å². The predicted octanol–water partition coefficient (Wildman–Crippen LogP) is 0.673. The summed E-state index contributed by atoms with van der Waals surface area (Å²) in [6.45, 7) is 4.69. The molecular weight excluding hydrogens is 218 g/mol. The number of hydrogen-bond donors (Lipinski definition) is 1. The van der Waals surface area contributed by atoms with E-state index in [-0.39, 0.29) is 24.6 Å². The first-order valence-electron chi connectivity index (χ1n) is 6.05. The van der Waals surface area contributed by atoms with Gasteiger partial charge in [-0.05, 0) is 25.3 Å². The third-order valence-electron chi connectivity index (χ3n) is 3.63. The minimum absolute atomic E-state index is 0.0390. The van der Waals surface area contributed by atoms with Crippen molar-refractivity contribution in [3.63, 3.8) is 0 Å². The van der Waals surface area contributed by atoms with Crippen molar-refractivity contribution in [1.82, 2.24) is 14.7 Å². The molecule has 0 radical (unpaired) electrons. The van der Waals surface area contributed by atoms with Gasteiger partial charge in [0.1, 0.15) is 6.04 Å². The van der Waals surface area contributed by atoms with Crippen LogP contribution in [0.4, 0.5) is 0 Å². The van der Waals surface area contributed by atoms with Gasteiger partial charge >= 0.3 is 0 Å². The van der Waals surface area contributed by atoms with Crippen LogP contribution in [0.25, 0.3) is 0 Å². The Kier molecular flexibility index (Phi) is 3.47. The van der Waals surface area contributed by atoms with Crippen LogP contribution in [0.1, 0.15) is 26.3 Å². The number of likely N-dealkylation sites (tertiary alicyclic amines) is 1. The molecule has 1 aromatic heterocycles. The predicted molar refractivity (Wildman–Crippen MR) is 63.3 cm³/mol. The standard InChI is InChI=1S/C12H19N3O2/c1-9-4-7-14(11(9)8-16)12(17)10(2)15-6-3-5-13-15/h3,5-6,9-11,16H,4,7-8H2,1-2H3. The van der Waals surface area contributed by atoms with Crippen molar-refractivity contribution >= 4 is 5.91 Å². The molecule has 2 rings (SSSR count). The Morgan fingerprint density at radius 3 is 3.00 bits per heavy atom. The largest absolute Gasteiger partial charge is 0.394 e.